The molecule has 0 aliphatic heterocycles. The molecule has 2 atom stereocenters. The topological polar surface area (TPSA) is 109 Å². The molecule has 0 fully saturated rings. The third-order valence-electron chi connectivity index (χ3n) is 3.29. The fourth-order valence-electron chi connectivity index (χ4n) is 1.86. The number of hydrazone groups is 2. The smallest absolute Gasteiger partial charge is 0.252 e. The van der Waals surface area contributed by atoms with Crippen molar-refractivity contribution < 1.29 is 9.59 Å². The quantitative estimate of drug-likeness (QED) is 0.531. The number of rotatable bonds is 8. The maximum absolute atomic E-state index is 12.1. The van der Waals surface area contributed by atoms with E-state index in [0.717, 1.165) is 11.1 Å². The number of aromatic nitrogens is 2. The highest BCUT2D eigenvalue weighted by atomic mass is 32.2. The Balaban J connectivity index is 1.75. The third-order valence-corrected chi connectivity index (χ3v) is 4.54. The number of nitrogens with one attached hydrogen (secondary N) is 2. The van der Waals surface area contributed by atoms with Gasteiger partial charge in [0.25, 0.3) is 11.8 Å². The molecule has 2 unspecified atom stereocenters. The Morgan fingerprint density at radius 3 is 1.74 bits per heavy atom. The second-order valence-corrected chi connectivity index (χ2v) is 7.15. The van der Waals surface area contributed by atoms with Gasteiger partial charge in [0.15, 0.2) is 0 Å². The number of carbonyl (C=O) groups is 2. The third kappa shape index (κ3) is 7.37. The lowest BCUT2D eigenvalue weighted by atomic mass is 10.3. The monoisotopic (exact) mass is 384 g/mol. The summed E-state index contributed by atoms with van der Waals surface area (Å²) in [6.45, 7) is 3.42. The molecular formula is C18H20N6O2S. The van der Waals surface area contributed by atoms with Gasteiger partial charge in [-0.05, 0) is 26.0 Å². The minimum atomic E-state index is -0.459. The average molecular weight is 384 g/mol. The molecule has 2 aromatic heterocycles. The van der Waals surface area contributed by atoms with Gasteiger partial charge in [0.1, 0.15) is 0 Å². The molecule has 0 spiro atoms. The fourth-order valence-corrected chi connectivity index (χ4v) is 2.82. The lowest BCUT2D eigenvalue weighted by molar-refractivity contribution is -0.120. The first-order valence-corrected chi connectivity index (χ1v) is 9.12. The largest absolute Gasteiger partial charge is 0.272 e. The molecule has 2 aromatic rings. The first kappa shape index (κ1) is 20.2. The molecule has 0 saturated heterocycles. The minimum absolute atomic E-state index is 0.293. The average Bonchev–Trinajstić information content (AvgIpc) is 2.69. The Hall–Kier alpha value is -3.07. The maximum atomic E-state index is 12.1. The van der Waals surface area contributed by atoms with E-state index >= 15 is 0 Å². The Morgan fingerprint density at radius 2 is 1.37 bits per heavy atom. The van der Waals surface area contributed by atoms with Crippen molar-refractivity contribution in [1.82, 2.24) is 20.8 Å². The molecule has 0 aliphatic rings. The molecule has 0 bridgehead atoms. The van der Waals surface area contributed by atoms with Crippen LogP contribution >= 0.6 is 11.8 Å². The highest BCUT2D eigenvalue weighted by Gasteiger charge is 2.21. The first-order valence-electron chi connectivity index (χ1n) is 8.17. The highest BCUT2D eigenvalue weighted by Crippen LogP contribution is 2.17. The van der Waals surface area contributed by atoms with Crippen molar-refractivity contribution in [3.63, 3.8) is 0 Å². The molecule has 0 radical (unpaired) electrons. The Labute approximate surface area is 161 Å². The zero-order valence-corrected chi connectivity index (χ0v) is 15.8. The van der Waals surface area contributed by atoms with E-state index in [-0.39, 0.29) is 11.8 Å². The van der Waals surface area contributed by atoms with Gasteiger partial charge in [-0.1, -0.05) is 12.1 Å². The van der Waals surface area contributed by atoms with E-state index in [1.54, 1.807) is 50.8 Å². The minimum Gasteiger partial charge on any atom is -0.272 e. The predicted molar refractivity (Wildman–Crippen MR) is 106 cm³/mol. The Morgan fingerprint density at radius 1 is 0.926 bits per heavy atom. The van der Waals surface area contributed by atoms with E-state index in [0.29, 0.717) is 0 Å². The molecule has 2 N–H and O–H groups in total. The second-order valence-electron chi connectivity index (χ2n) is 5.46. The summed E-state index contributed by atoms with van der Waals surface area (Å²) in [5, 5.41) is 6.86. The number of pyridine rings is 2. The van der Waals surface area contributed by atoms with E-state index < -0.39 is 10.5 Å². The van der Waals surface area contributed by atoms with Crippen LogP contribution < -0.4 is 10.9 Å². The summed E-state index contributed by atoms with van der Waals surface area (Å²) < 4.78 is 0. The number of hydrogen-bond donors (Lipinski definition) is 2. The molecule has 2 rings (SSSR count). The fraction of sp³-hybridized carbons (Fsp3) is 0.222. The van der Waals surface area contributed by atoms with Gasteiger partial charge in [0.2, 0.25) is 0 Å². The van der Waals surface area contributed by atoms with E-state index in [9.17, 15) is 9.59 Å². The zero-order valence-electron chi connectivity index (χ0n) is 14.9. The standard InChI is InChI=1S/C18H20N6O2S/c1-13(17(25)23-21-11-15-5-3-7-19-9-15)27-14(2)18(26)24-22-12-16-6-4-8-20-10-16/h3-14H,1-2H3,(H,23,25)(H,24,26)/b21-11-,22-12+. The summed E-state index contributed by atoms with van der Waals surface area (Å²) in [6, 6.07) is 7.19. The van der Waals surface area contributed by atoms with Crippen molar-refractivity contribution >= 4 is 36.0 Å². The van der Waals surface area contributed by atoms with E-state index in [2.05, 4.69) is 31.0 Å². The van der Waals surface area contributed by atoms with Crippen LogP contribution in [0.15, 0.2) is 59.3 Å². The van der Waals surface area contributed by atoms with Gasteiger partial charge in [0, 0.05) is 35.9 Å². The normalized spacial score (nSPS) is 13.4. The van der Waals surface area contributed by atoms with Crippen molar-refractivity contribution in [2.45, 2.75) is 24.3 Å². The van der Waals surface area contributed by atoms with Gasteiger partial charge < -0.3 is 0 Å². The molecule has 0 aliphatic carbocycles. The predicted octanol–water partition coefficient (Wildman–Crippen LogP) is 1.59. The lowest BCUT2D eigenvalue weighted by Crippen LogP contribution is -2.33. The van der Waals surface area contributed by atoms with Crippen LogP contribution in [0, 0.1) is 0 Å². The van der Waals surface area contributed by atoms with Crippen LogP contribution in [0.25, 0.3) is 0 Å². The summed E-state index contributed by atoms with van der Waals surface area (Å²) in [5.74, 6) is -0.586. The van der Waals surface area contributed by atoms with Gasteiger partial charge >= 0.3 is 0 Å². The van der Waals surface area contributed by atoms with Crippen LogP contribution in [0.2, 0.25) is 0 Å². The number of amides is 2. The van der Waals surface area contributed by atoms with Crippen molar-refractivity contribution in [3.05, 3.63) is 60.2 Å². The van der Waals surface area contributed by atoms with Crippen molar-refractivity contribution in [2.75, 3.05) is 0 Å². The molecule has 2 heterocycles. The lowest BCUT2D eigenvalue weighted by Gasteiger charge is -2.14. The van der Waals surface area contributed by atoms with Gasteiger partial charge in [-0.2, -0.15) is 10.2 Å². The molecule has 140 valence electrons. The van der Waals surface area contributed by atoms with Crippen LogP contribution in [0.3, 0.4) is 0 Å². The molecule has 9 heteroatoms. The highest BCUT2D eigenvalue weighted by molar-refractivity contribution is 8.01. The van der Waals surface area contributed by atoms with Crippen LogP contribution in [0.4, 0.5) is 0 Å². The second kappa shape index (κ2) is 10.8. The van der Waals surface area contributed by atoms with Crippen LogP contribution in [-0.2, 0) is 9.59 Å². The summed E-state index contributed by atoms with van der Waals surface area (Å²) >= 11 is 1.21. The first-order chi connectivity index (χ1) is 13.1. The summed E-state index contributed by atoms with van der Waals surface area (Å²) in [7, 11) is 0. The SMILES string of the molecule is CC(SC(C)C(=O)N/N=C/c1cccnc1)C(=O)N/N=C\c1cccnc1. The summed E-state index contributed by atoms with van der Waals surface area (Å²) in [4.78, 5) is 32.0. The maximum Gasteiger partial charge on any atom is 0.252 e. The molecular weight excluding hydrogens is 364 g/mol. The van der Waals surface area contributed by atoms with Gasteiger partial charge in [-0.15, -0.1) is 11.8 Å². The van der Waals surface area contributed by atoms with E-state index in [1.807, 2.05) is 12.1 Å². The van der Waals surface area contributed by atoms with E-state index in [1.165, 1.54) is 24.2 Å². The van der Waals surface area contributed by atoms with Gasteiger partial charge in [0.05, 0.1) is 22.9 Å². The van der Waals surface area contributed by atoms with Crippen molar-refractivity contribution in [3.8, 4) is 0 Å². The number of nitrogens with zero attached hydrogens (tertiary/aromatic N) is 4. The van der Waals surface area contributed by atoms with E-state index in [4.69, 9.17) is 0 Å². The van der Waals surface area contributed by atoms with Crippen LogP contribution in [-0.4, -0.2) is 44.7 Å². The van der Waals surface area contributed by atoms with Gasteiger partial charge in [-0.3, -0.25) is 19.6 Å². The van der Waals surface area contributed by atoms with Crippen molar-refractivity contribution in [2.24, 2.45) is 10.2 Å². The molecule has 8 nitrogen and oxygen atoms in total. The summed E-state index contributed by atoms with van der Waals surface area (Å²) in [5.41, 5.74) is 6.46. The summed E-state index contributed by atoms with van der Waals surface area (Å²) in [6.07, 6.45) is 9.58. The number of hydrogen-bond acceptors (Lipinski definition) is 7. The molecule has 0 aromatic carbocycles. The Bertz CT molecular complexity index is 731. The number of carbonyl (C=O) groups excluding carboxylic acids is 2. The molecule has 2 amide bonds. The van der Waals surface area contributed by atoms with Crippen LogP contribution in [0.5, 0.6) is 0 Å². The van der Waals surface area contributed by atoms with Crippen molar-refractivity contribution in [1.29, 1.82) is 0 Å². The number of thioether (sulfide) groups is 1. The van der Waals surface area contributed by atoms with Crippen LogP contribution in [0.1, 0.15) is 25.0 Å². The molecule has 0 saturated carbocycles. The molecule has 27 heavy (non-hydrogen) atoms. The zero-order chi connectivity index (χ0) is 19.5. The van der Waals surface area contributed by atoms with Gasteiger partial charge in [-0.25, -0.2) is 10.9 Å². The Kier molecular flexibility index (Phi) is 8.11.